The van der Waals surface area contributed by atoms with Gasteiger partial charge in [-0.15, -0.1) is 0 Å². The van der Waals surface area contributed by atoms with Crippen LogP contribution in [0.25, 0.3) is 0 Å². The van der Waals surface area contributed by atoms with Gasteiger partial charge in [-0.05, 0) is 25.5 Å². The van der Waals surface area contributed by atoms with Crippen molar-refractivity contribution < 1.29 is 4.79 Å². The Morgan fingerprint density at radius 2 is 2.12 bits per heavy atom. The number of aryl methyl sites for hydroxylation is 1. The molecule has 0 saturated carbocycles. The standard InChI is InChI=1S/C12H20N4O/c1-5-16(8-10(17)15(3)4)12-11(13)9(2)6-7-14-12/h6-7H,5,8,13H2,1-4H3. The largest absolute Gasteiger partial charge is 0.396 e. The van der Waals surface area contributed by atoms with Gasteiger partial charge in [0, 0.05) is 26.8 Å². The SMILES string of the molecule is CCN(CC(=O)N(C)C)c1nccc(C)c1N. The Bertz CT molecular complexity index is 403. The van der Waals surface area contributed by atoms with Crippen molar-refractivity contribution in [2.45, 2.75) is 13.8 Å². The highest BCUT2D eigenvalue weighted by molar-refractivity contribution is 5.82. The third kappa shape index (κ3) is 3.09. The first-order chi connectivity index (χ1) is 7.97. The molecule has 5 heteroatoms. The summed E-state index contributed by atoms with van der Waals surface area (Å²) in [4.78, 5) is 19.4. The van der Waals surface area contributed by atoms with Crippen molar-refractivity contribution in [3.8, 4) is 0 Å². The van der Waals surface area contributed by atoms with Crippen molar-refractivity contribution in [2.75, 3.05) is 37.8 Å². The van der Waals surface area contributed by atoms with Crippen molar-refractivity contribution in [1.82, 2.24) is 9.88 Å². The zero-order chi connectivity index (χ0) is 13.0. The van der Waals surface area contributed by atoms with Crippen LogP contribution < -0.4 is 10.6 Å². The van der Waals surface area contributed by atoms with Crippen molar-refractivity contribution in [3.63, 3.8) is 0 Å². The Labute approximate surface area is 102 Å². The summed E-state index contributed by atoms with van der Waals surface area (Å²) in [5.74, 6) is 0.720. The second-order valence-electron chi connectivity index (χ2n) is 4.17. The number of nitrogen functional groups attached to an aromatic ring is 1. The molecule has 5 nitrogen and oxygen atoms in total. The van der Waals surface area contributed by atoms with E-state index >= 15 is 0 Å². The average Bonchev–Trinajstić information content (AvgIpc) is 2.29. The summed E-state index contributed by atoms with van der Waals surface area (Å²) >= 11 is 0. The van der Waals surface area contributed by atoms with Crippen LogP contribution in [-0.4, -0.2) is 43.0 Å². The Hall–Kier alpha value is -1.78. The summed E-state index contributed by atoms with van der Waals surface area (Å²) in [5.41, 5.74) is 7.60. The van der Waals surface area contributed by atoms with Gasteiger partial charge in [0.15, 0.2) is 5.82 Å². The van der Waals surface area contributed by atoms with Crippen LogP contribution in [0.4, 0.5) is 11.5 Å². The predicted octanol–water partition coefficient (Wildman–Crippen LogP) is 0.887. The molecule has 0 aromatic carbocycles. The molecule has 0 spiro atoms. The van der Waals surface area contributed by atoms with Gasteiger partial charge in [0.25, 0.3) is 0 Å². The molecule has 0 fully saturated rings. The van der Waals surface area contributed by atoms with Gasteiger partial charge in [-0.2, -0.15) is 0 Å². The number of likely N-dealkylation sites (N-methyl/N-ethyl adjacent to an activating group) is 2. The molecule has 0 atom stereocenters. The quantitative estimate of drug-likeness (QED) is 0.843. The van der Waals surface area contributed by atoms with Gasteiger partial charge < -0.3 is 15.5 Å². The highest BCUT2D eigenvalue weighted by Crippen LogP contribution is 2.22. The smallest absolute Gasteiger partial charge is 0.241 e. The number of hydrogen-bond acceptors (Lipinski definition) is 4. The van der Waals surface area contributed by atoms with Crippen LogP contribution in [0, 0.1) is 6.92 Å². The van der Waals surface area contributed by atoms with E-state index in [2.05, 4.69) is 4.98 Å². The first-order valence-electron chi connectivity index (χ1n) is 5.63. The first-order valence-corrected chi connectivity index (χ1v) is 5.63. The molecule has 0 aliphatic heterocycles. The summed E-state index contributed by atoms with van der Waals surface area (Å²) in [7, 11) is 3.48. The number of rotatable bonds is 4. The lowest BCUT2D eigenvalue weighted by Gasteiger charge is -2.24. The van der Waals surface area contributed by atoms with E-state index < -0.39 is 0 Å². The molecular formula is C12H20N4O. The summed E-state index contributed by atoms with van der Waals surface area (Å²) in [6, 6.07) is 1.86. The van der Waals surface area contributed by atoms with E-state index in [1.54, 1.807) is 25.2 Å². The second kappa shape index (κ2) is 5.52. The number of anilines is 2. The molecule has 1 rings (SSSR count). The summed E-state index contributed by atoms with van der Waals surface area (Å²) in [5, 5.41) is 0. The van der Waals surface area contributed by atoms with Gasteiger partial charge >= 0.3 is 0 Å². The van der Waals surface area contributed by atoms with Crippen molar-refractivity contribution in [2.24, 2.45) is 0 Å². The third-order valence-corrected chi connectivity index (χ3v) is 2.69. The topological polar surface area (TPSA) is 62.5 Å². The van der Waals surface area contributed by atoms with E-state index in [0.29, 0.717) is 24.6 Å². The Morgan fingerprint density at radius 3 is 2.65 bits per heavy atom. The fourth-order valence-corrected chi connectivity index (χ4v) is 1.45. The molecule has 0 saturated heterocycles. The summed E-state index contributed by atoms with van der Waals surface area (Å²) in [6.45, 7) is 4.90. The molecule has 1 aromatic rings. The van der Waals surface area contributed by atoms with E-state index in [9.17, 15) is 4.79 Å². The fraction of sp³-hybridized carbons (Fsp3) is 0.500. The average molecular weight is 236 g/mol. The fourth-order valence-electron chi connectivity index (χ4n) is 1.45. The molecule has 1 aromatic heterocycles. The molecule has 17 heavy (non-hydrogen) atoms. The van der Waals surface area contributed by atoms with Gasteiger partial charge in [0.1, 0.15) is 0 Å². The molecule has 0 aliphatic carbocycles. The highest BCUT2D eigenvalue weighted by atomic mass is 16.2. The molecule has 2 N–H and O–H groups in total. The summed E-state index contributed by atoms with van der Waals surface area (Å²) in [6.07, 6.45) is 1.71. The zero-order valence-electron chi connectivity index (χ0n) is 10.9. The number of amides is 1. The van der Waals surface area contributed by atoms with E-state index in [1.165, 1.54) is 0 Å². The minimum absolute atomic E-state index is 0.0366. The molecule has 0 aliphatic rings. The maximum atomic E-state index is 11.7. The minimum atomic E-state index is 0.0366. The highest BCUT2D eigenvalue weighted by Gasteiger charge is 2.15. The number of carbonyl (C=O) groups is 1. The number of aromatic nitrogens is 1. The third-order valence-electron chi connectivity index (χ3n) is 2.69. The van der Waals surface area contributed by atoms with Crippen LogP contribution in [0.2, 0.25) is 0 Å². The van der Waals surface area contributed by atoms with E-state index in [1.807, 2.05) is 24.8 Å². The monoisotopic (exact) mass is 236 g/mol. The van der Waals surface area contributed by atoms with E-state index in [0.717, 1.165) is 5.56 Å². The van der Waals surface area contributed by atoms with Crippen LogP contribution in [0.5, 0.6) is 0 Å². The molecule has 94 valence electrons. The van der Waals surface area contributed by atoms with Gasteiger partial charge in [0.2, 0.25) is 5.91 Å². The van der Waals surface area contributed by atoms with E-state index in [-0.39, 0.29) is 5.91 Å². The molecule has 0 bridgehead atoms. The Kier molecular flexibility index (Phi) is 4.31. The zero-order valence-corrected chi connectivity index (χ0v) is 10.9. The Morgan fingerprint density at radius 1 is 1.47 bits per heavy atom. The van der Waals surface area contributed by atoms with Crippen molar-refractivity contribution in [1.29, 1.82) is 0 Å². The number of pyridine rings is 1. The minimum Gasteiger partial charge on any atom is -0.396 e. The molecule has 1 amide bonds. The van der Waals surface area contributed by atoms with Crippen LogP contribution in [-0.2, 0) is 4.79 Å². The van der Waals surface area contributed by atoms with Gasteiger partial charge in [0.05, 0.1) is 12.2 Å². The number of carbonyl (C=O) groups excluding carboxylic acids is 1. The normalized spacial score (nSPS) is 10.1. The molecular weight excluding hydrogens is 216 g/mol. The number of nitrogens with zero attached hydrogens (tertiary/aromatic N) is 3. The van der Waals surface area contributed by atoms with Gasteiger partial charge in [-0.3, -0.25) is 4.79 Å². The molecule has 0 unspecified atom stereocenters. The maximum Gasteiger partial charge on any atom is 0.241 e. The van der Waals surface area contributed by atoms with Crippen molar-refractivity contribution in [3.05, 3.63) is 17.8 Å². The van der Waals surface area contributed by atoms with Gasteiger partial charge in [-0.25, -0.2) is 4.98 Å². The first kappa shape index (κ1) is 13.3. The van der Waals surface area contributed by atoms with Gasteiger partial charge in [-0.1, -0.05) is 0 Å². The summed E-state index contributed by atoms with van der Waals surface area (Å²) < 4.78 is 0. The van der Waals surface area contributed by atoms with Crippen LogP contribution in [0.15, 0.2) is 12.3 Å². The van der Waals surface area contributed by atoms with Crippen LogP contribution in [0.3, 0.4) is 0 Å². The lowest BCUT2D eigenvalue weighted by Crippen LogP contribution is -2.37. The maximum absolute atomic E-state index is 11.7. The van der Waals surface area contributed by atoms with Crippen LogP contribution >= 0.6 is 0 Å². The number of hydrogen-bond donors (Lipinski definition) is 1. The second-order valence-corrected chi connectivity index (χ2v) is 4.17. The Balaban J connectivity index is 2.94. The van der Waals surface area contributed by atoms with Crippen LogP contribution in [0.1, 0.15) is 12.5 Å². The molecule has 0 radical (unpaired) electrons. The van der Waals surface area contributed by atoms with Crippen molar-refractivity contribution >= 4 is 17.4 Å². The number of nitrogens with two attached hydrogens (primary N) is 1. The lowest BCUT2D eigenvalue weighted by molar-refractivity contribution is -0.127. The molecule has 1 heterocycles. The predicted molar refractivity (Wildman–Crippen MR) is 70.0 cm³/mol. The van der Waals surface area contributed by atoms with E-state index in [4.69, 9.17) is 5.73 Å². The lowest BCUT2D eigenvalue weighted by atomic mass is 10.2.